The number of hydrogen-bond acceptors (Lipinski definition) is 2. The molecule has 0 saturated heterocycles. The van der Waals surface area contributed by atoms with E-state index in [-0.39, 0.29) is 0 Å². The lowest BCUT2D eigenvalue weighted by atomic mass is 10.1. The highest BCUT2D eigenvalue weighted by Gasteiger charge is 2.21. The van der Waals surface area contributed by atoms with Gasteiger partial charge in [-0.15, -0.1) is 0 Å². The van der Waals surface area contributed by atoms with Gasteiger partial charge in [-0.05, 0) is 24.1 Å². The van der Waals surface area contributed by atoms with Crippen molar-refractivity contribution in [2.24, 2.45) is 5.14 Å². The van der Waals surface area contributed by atoms with Gasteiger partial charge in [0.05, 0.1) is 5.25 Å². The van der Waals surface area contributed by atoms with Crippen molar-refractivity contribution in [1.82, 2.24) is 0 Å². The lowest BCUT2D eigenvalue weighted by Gasteiger charge is -2.12. The Bertz CT molecular complexity index is 417. The molecule has 0 aliphatic carbocycles. The van der Waals surface area contributed by atoms with Gasteiger partial charge in [0.25, 0.3) is 0 Å². The van der Waals surface area contributed by atoms with Crippen molar-refractivity contribution >= 4 is 21.6 Å². The number of benzene rings is 1. The standard InChI is InChI=1S/C9H12ClNO2S/c1-2-9(14(11,12)13)7-4-3-5-8(10)6-7/h3-6,9H,2H2,1H3,(H2,11,12,13). The van der Waals surface area contributed by atoms with E-state index in [1.807, 2.05) is 0 Å². The van der Waals surface area contributed by atoms with Crippen LogP contribution in [0.4, 0.5) is 0 Å². The second-order valence-electron chi connectivity index (χ2n) is 3.04. The molecule has 0 radical (unpaired) electrons. The van der Waals surface area contributed by atoms with Crippen LogP contribution >= 0.6 is 11.6 Å². The van der Waals surface area contributed by atoms with E-state index in [9.17, 15) is 8.42 Å². The van der Waals surface area contributed by atoms with E-state index in [0.29, 0.717) is 17.0 Å². The predicted octanol–water partition coefficient (Wildman–Crippen LogP) is 2.08. The van der Waals surface area contributed by atoms with E-state index in [0.717, 1.165) is 0 Å². The van der Waals surface area contributed by atoms with E-state index in [1.165, 1.54) is 0 Å². The molecular weight excluding hydrogens is 222 g/mol. The van der Waals surface area contributed by atoms with Crippen molar-refractivity contribution in [3.8, 4) is 0 Å². The first-order chi connectivity index (χ1) is 6.45. The fraction of sp³-hybridized carbons (Fsp3) is 0.333. The summed E-state index contributed by atoms with van der Waals surface area (Å²) in [7, 11) is -3.54. The van der Waals surface area contributed by atoms with Crippen molar-refractivity contribution in [3.63, 3.8) is 0 Å². The van der Waals surface area contributed by atoms with Crippen LogP contribution in [-0.4, -0.2) is 8.42 Å². The molecule has 0 spiro atoms. The molecule has 3 nitrogen and oxygen atoms in total. The number of halogens is 1. The number of rotatable bonds is 3. The molecule has 0 heterocycles. The molecule has 0 aliphatic rings. The van der Waals surface area contributed by atoms with Crippen molar-refractivity contribution in [2.75, 3.05) is 0 Å². The maximum atomic E-state index is 11.2. The molecule has 0 bridgehead atoms. The minimum Gasteiger partial charge on any atom is -0.228 e. The van der Waals surface area contributed by atoms with Gasteiger partial charge in [-0.1, -0.05) is 30.7 Å². The summed E-state index contributed by atoms with van der Waals surface area (Å²) in [5.74, 6) is 0. The van der Waals surface area contributed by atoms with E-state index in [2.05, 4.69) is 0 Å². The number of nitrogens with two attached hydrogens (primary N) is 1. The van der Waals surface area contributed by atoms with Gasteiger partial charge in [0, 0.05) is 5.02 Å². The summed E-state index contributed by atoms with van der Waals surface area (Å²) in [4.78, 5) is 0. The molecule has 5 heteroatoms. The second-order valence-corrected chi connectivity index (χ2v) is 5.22. The molecule has 1 atom stereocenters. The Morgan fingerprint density at radius 2 is 2.14 bits per heavy atom. The summed E-state index contributed by atoms with van der Waals surface area (Å²) in [5.41, 5.74) is 0.641. The Balaban J connectivity index is 3.14. The van der Waals surface area contributed by atoms with Gasteiger partial charge in [-0.3, -0.25) is 0 Å². The van der Waals surface area contributed by atoms with Gasteiger partial charge in [0.15, 0.2) is 0 Å². The fourth-order valence-corrected chi connectivity index (χ4v) is 2.55. The highest BCUT2D eigenvalue weighted by atomic mass is 35.5. The third-order valence-corrected chi connectivity index (χ3v) is 3.62. The molecule has 78 valence electrons. The Morgan fingerprint density at radius 3 is 2.57 bits per heavy atom. The van der Waals surface area contributed by atoms with E-state index in [4.69, 9.17) is 16.7 Å². The van der Waals surface area contributed by atoms with Crippen LogP contribution in [0.25, 0.3) is 0 Å². The van der Waals surface area contributed by atoms with E-state index >= 15 is 0 Å². The van der Waals surface area contributed by atoms with E-state index < -0.39 is 15.3 Å². The molecule has 1 rings (SSSR count). The molecular formula is C9H12ClNO2S. The van der Waals surface area contributed by atoms with Gasteiger partial charge in [0.1, 0.15) is 0 Å². The van der Waals surface area contributed by atoms with Crippen LogP contribution in [-0.2, 0) is 10.0 Å². The molecule has 2 N–H and O–H groups in total. The maximum absolute atomic E-state index is 11.2. The summed E-state index contributed by atoms with van der Waals surface area (Å²) >= 11 is 5.76. The summed E-state index contributed by atoms with van der Waals surface area (Å²) in [6.07, 6.45) is 0.444. The van der Waals surface area contributed by atoms with Crippen LogP contribution in [0.5, 0.6) is 0 Å². The first kappa shape index (κ1) is 11.5. The van der Waals surface area contributed by atoms with Crippen LogP contribution in [0.15, 0.2) is 24.3 Å². The van der Waals surface area contributed by atoms with Gasteiger partial charge in [-0.25, -0.2) is 13.6 Å². The average molecular weight is 234 g/mol. The SMILES string of the molecule is CCC(c1cccc(Cl)c1)S(N)(=O)=O. The molecule has 1 unspecified atom stereocenters. The lowest BCUT2D eigenvalue weighted by Crippen LogP contribution is -2.21. The smallest absolute Gasteiger partial charge is 0.216 e. The third-order valence-electron chi connectivity index (χ3n) is 1.99. The summed E-state index contributed by atoms with van der Waals surface area (Å²) in [6.45, 7) is 1.77. The fourth-order valence-electron chi connectivity index (χ4n) is 1.36. The number of primary sulfonamides is 1. The summed E-state index contributed by atoms with van der Waals surface area (Å²) in [5, 5.41) is 4.95. The van der Waals surface area contributed by atoms with Crippen LogP contribution in [0, 0.1) is 0 Å². The predicted molar refractivity (Wildman–Crippen MR) is 57.6 cm³/mol. The Labute approximate surface area is 88.9 Å². The first-order valence-electron chi connectivity index (χ1n) is 4.22. The average Bonchev–Trinajstić information content (AvgIpc) is 2.02. The van der Waals surface area contributed by atoms with Crippen molar-refractivity contribution < 1.29 is 8.42 Å². The molecule has 0 fully saturated rings. The first-order valence-corrected chi connectivity index (χ1v) is 6.21. The zero-order valence-electron chi connectivity index (χ0n) is 7.77. The molecule has 0 aromatic heterocycles. The highest BCUT2D eigenvalue weighted by molar-refractivity contribution is 7.89. The molecule has 0 aliphatic heterocycles. The Morgan fingerprint density at radius 1 is 1.50 bits per heavy atom. The number of hydrogen-bond donors (Lipinski definition) is 1. The zero-order valence-corrected chi connectivity index (χ0v) is 9.35. The minimum atomic E-state index is -3.54. The Hall–Kier alpha value is -0.580. The molecule has 0 amide bonds. The normalized spacial score (nSPS) is 13.9. The van der Waals surface area contributed by atoms with Gasteiger partial charge >= 0.3 is 0 Å². The minimum absolute atomic E-state index is 0.444. The van der Waals surface area contributed by atoms with Gasteiger partial charge < -0.3 is 0 Å². The van der Waals surface area contributed by atoms with Gasteiger partial charge in [-0.2, -0.15) is 0 Å². The molecule has 0 saturated carbocycles. The van der Waals surface area contributed by atoms with Crippen LogP contribution in [0.3, 0.4) is 0 Å². The van der Waals surface area contributed by atoms with Gasteiger partial charge in [0.2, 0.25) is 10.0 Å². The monoisotopic (exact) mass is 233 g/mol. The summed E-state index contributed by atoms with van der Waals surface area (Å²) < 4.78 is 22.4. The molecule has 14 heavy (non-hydrogen) atoms. The highest BCUT2D eigenvalue weighted by Crippen LogP contribution is 2.25. The second kappa shape index (κ2) is 4.29. The van der Waals surface area contributed by atoms with Crippen molar-refractivity contribution in [1.29, 1.82) is 0 Å². The van der Waals surface area contributed by atoms with E-state index in [1.54, 1.807) is 31.2 Å². The van der Waals surface area contributed by atoms with Crippen LogP contribution in [0.2, 0.25) is 5.02 Å². The molecule has 1 aromatic rings. The number of sulfonamides is 1. The summed E-state index contributed by atoms with van der Waals surface area (Å²) in [6, 6.07) is 6.75. The van der Waals surface area contributed by atoms with Crippen molar-refractivity contribution in [2.45, 2.75) is 18.6 Å². The largest absolute Gasteiger partial charge is 0.228 e. The molecule has 1 aromatic carbocycles. The maximum Gasteiger partial charge on any atom is 0.216 e. The topological polar surface area (TPSA) is 60.2 Å². The zero-order chi connectivity index (χ0) is 10.8. The third kappa shape index (κ3) is 2.70. The Kier molecular flexibility index (Phi) is 3.53. The quantitative estimate of drug-likeness (QED) is 0.869. The lowest BCUT2D eigenvalue weighted by molar-refractivity contribution is 0.581. The van der Waals surface area contributed by atoms with Crippen LogP contribution < -0.4 is 5.14 Å². The van der Waals surface area contributed by atoms with Crippen LogP contribution in [0.1, 0.15) is 24.2 Å². The van der Waals surface area contributed by atoms with Crippen molar-refractivity contribution in [3.05, 3.63) is 34.9 Å².